The molecular formula is C29H29N3O5. The number of aromatic amines is 1. The highest BCUT2D eigenvalue weighted by atomic mass is 16.5. The molecule has 4 N–H and O–H groups in total. The molecular weight excluding hydrogens is 470 g/mol. The number of rotatable bonds is 10. The fourth-order valence-corrected chi connectivity index (χ4v) is 4.08. The van der Waals surface area contributed by atoms with Gasteiger partial charge in [0.1, 0.15) is 6.61 Å². The summed E-state index contributed by atoms with van der Waals surface area (Å²) in [5.41, 5.74) is 5.94. The van der Waals surface area contributed by atoms with Gasteiger partial charge in [-0.1, -0.05) is 42.0 Å². The van der Waals surface area contributed by atoms with E-state index in [9.17, 15) is 9.59 Å². The molecule has 0 bridgehead atoms. The van der Waals surface area contributed by atoms with Gasteiger partial charge in [-0.2, -0.15) is 0 Å². The van der Waals surface area contributed by atoms with Crippen LogP contribution in [-0.4, -0.2) is 41.8 Å². The van der Waals surface area contributed by atoms with Gasteiger partial charge in [0.05, 0.1) is 13.2 Å². The minimum Gasteiger partial charge on any atom is -0.493 e. The number of para-hydroxylation sites is 1. The number of hydrogen-bond acceptors (Lipinski definition) is 5. The molecule has 4 rings (SSSR count). The number of aryl methyl sites for hydroxylation is 1. The summed E-state index contributed by atoms with van der Waals surface area (Å²) in [6, 6.07) is 20.4. The van der Waals surface area contributed by atoms with E-state index in [1.165, 1.54) is 13.2 Å². The van der Waals surface area contributed by atoms with Gasteiger partial charge >= 0.3 is 0 Å². The van der Waals surface area contributed by atoms with Crippen LogP contribution in [0.15, 0.2) is 79.0 Å². The van der Waals surface area contributed by atoms with Crippen molar-refractivity contribution >= 4 is 28.8 Å². The first-order valence-corrected chi connectivity index (χ1v) is 11.8. The van der Waals surface area contributed by atoms with Crippen LogP contribution in [0.1, 0.15) is 27.0 Å². The van der Waals surface area contributed by atoms with Gasteiger partial charge in [-0.3, -0.25) is 14.8 Å². The van der Waals surface area contributed by atoms with E-state index in [4.69, 9.17) is 14.7 Å². The number of ether oxygens (including phenoxy) is 2. The highest BCUT2D eigenvalue weighted by molar-refractivity contribution is 5.94. The van der Waals surface area contributed by atoms with Gasteiger partial charge < -0.3 is 19.8 Å². The summed E-state index contributed by atoms with van der Waals surface area (Å²) in [6.45, 7) is 2.15. The topological polar surface area (TPSA) is 113 Å². The predicted octanol–water partition coefficient (Wildman–Crippen LogP) is 4.42. The number of carbonyl (C=O) groups excluding carboxylic acids is 2. The number of hydroxylamine groups is 1. The van der Waals surface area contributed by atoms with E-state index in [2.05, 4.69) is 10.3 Å². The minimum atomic E-state index is -0.635. The first kappa shape index (κ1) is 25.5. The third kappa shape index (κ3) is 6.56. The van der Waals surface area contributed by atoms with Gasteiger partial charge in [-0.05, 0) is 60.9 Å². The molecule has 0 aliphatic carbocycles. The van der Waals surface area contributed by atoms with Gasteiger partial charge in [0.15, 0.2) is 11.5 Å². The highest BCUT2D eigenvalue weighted by Gasteiger charge is 2.18. The third-order valence-corrected chi connectivity index (χ3v) is 5.92. The van der Waals surface area contributed by atoms with Crippen LogP contribution in [-0.2, 0) is 11.2 Å². The van der Waals surface area contributed by atoms with Crippen molar-refractivity contribution in [1.82, 2.24) is 15.8 Å². The monoisotopic (exact) mass is 499 g/mol. The first-order valence-electron chi connectivity index (χ1n) is 11.8. The Bertz CT molecular complexity index is 1430. The van der Waals surface area contributed by atoms with Crippen LogP contribution in [0.5, 0.6) is 11.5 Å². The number of nitrogens with one attached hydrogen (secondary N) is 3. The standard InChI is InChI=1S/C29H29N3O5/c1-19-6-5-7-21(14-19)29(34)31-23(16-22-17-30-25-9-4-3-8-24(22)25)18-37-26-12-10-20(15-27(26)36-2)11-13-28(33)32-35/h3-15,17,23,30,35H,16,18H2,1-2H3,(H,31,34)(H,32,33)/b13-11+/t23-/m0/s1. The van der Waals surface area contributed by atoms with Crippen molar-refractivity contribution in [3.8, 4) is 11.5 Å². The van der Waals surface area contributed by atoms with E-state index in [-0.39, 0.29) is 18.6 Å². The molecule has 0 fully saturated rings. The molecule has 0 unspecified atom stereocenters. The maximum Gasteiger partial charge on any atom is 0.267 e. The summed E-state index contributed by atoms with van der Waals surface area (Å²) in [5, 5.41) is 12.9. The van der Waals surface area contributed by atoms with Crippen molar-refractivity contribution in [2.45, 2.75) is 19.4 Å². The summed E-state index contributed by atoms with van der Waals surface area (Å²) in [7, 11) is 1.53. The van der Waals surface area contributed by atoms with Crippen molar-refractivity contribution in [2.24, 2.45) is 0 Å². The Labute approximate surface area is 214 Å². The molecule has 37 heavy (non-hydrogen) atoms. The normalized spacial score (nSPS) is 11.9. The number of fused-ring (bicyclic) bond motifs is 1. The molecule has 0 aliphatic rings. The minimum absolute atomic E-state index is 0.174. The quantitative estimate of drug-likeness (QED) is 0.147. The maximum atomic E-state index is 13.1. The average Bonchev–Trinajstić information content (AvgIpc) is 3.33. The molecule has 2 amide bonds. The molecule has 0 saturated carbocycles. The molecule has 1 heterocycles. The van der Waals surface area contributed by atoms with Gasteiger partial charge in [-0.15, -0.1) is 0 Å². The second-order valence-electron chi connectivity index (χ2n) is 8.63. The second kappa shape index (κ2) is 11.9. The number of benzene rings is 3. The molecule has 3 aromatic carbocycles. The summed E-state index contributed by atoms with van der Waals surface area (Å²) in [5.74, 6) is 0.165. The lowest BCUT2D eigenvalue weighted by molar-refractivity contribution is -0.124. The van der Waals surface area contributed by atoms with Crippen molar-refractivity contribution in [1.29, 1.82) is 0 Å². The van der Waals surface area contributed by atoms with Gasteiger partial charge in [0.25, 0.3) is 11.8 Å². The fraction of sp³-hybridized carbons (Fsp3) is 0.172. The van der Waals surface area contributed by atoms with E-state index in [1.807, 2.05) is 55.6 Å². The molecule has 4 aromatic rings. The lowest BCUT2D eigenvalue weighted by Gasteiger charge is -2.20. The van der Waals surface area contributed by atoms with E-state index in [0.29, 0.717) is 29.0 Å². The molecule has 0 saturated heterocycles. The van der Waals surface area contributed by atoms with E-state index in [0.717, 1.165) is 22.0 Å². The molecule has 8 nitrogen and oxygen atoms in total. The van der Waals surface area contributed by atoms with Crippen molar-refractivity contribution < 1.29 is 24.3 Å². The smallest absolute Gasteiger partial charge is 0.267 e. The van der Waals surface area contributed by atoms with Gasteiger partial charge in [0.2, 0.25) is 0 Å². The summed E-state index contributed by atoms with van der Waals surface area (Å²) in [6.07, 6.45) is 5.26. The summed E-state index contributed by atoms with van der Waals surface area (Å²) in [4.78, 5) is 27.6. The molecule has 190 valence electrons. The average molecular weight is 500 g/mol. The number of aromatic nitrogens is 1. The molecule has 1 aromatic heterocycles. The molecule has 8 heteroatoms. The molecule has 0 aliphatic heterocycles. The Morgan fingerprint density at radius 2 is 1.89 bits per heavy atom. The van der Waals surface area contributed by atoms with E-state index >= 15 is 0 Å². The van der Waals surface area contributed by atoms with Gasteiger partial charge in [-0.25, -0.2) is 5.48 Å². The summed E-state index contributed by atoms with van der Waals surface area (Å²) < 4.78 is 11.6. The fourth-order valence-electron chi connectivity index (χ4n) is 4.08. The Hall–Kier alpha value is -4.56. The molecule has 0 spiro atoms. The van der Waals surface area contributed by atoms with Crippen LogP contribution in [0.3, 0.4) is 0 Å². The van der Waals surface area contributed by atoms with Crippen LogP contribution in [0.25, 0.3) is 17.0 Å². The second-order valence-corrected chi connectivity index (χ2v) is 8.63. The Morgan fingerprint density at radius 3 is 2.68 bits per heavy atom. The van der Waals surface area contributed by atoms with Crippen LogP contribution in [0, 0.1) is 6.92 Å². The number of amides is 2. The number of hydrogen-bond donors (Lipinski definition) is 4. The Morgan fingerprint density at radius 1 is 1.05 bits per heavy atom. The lowest BCUT2D eigenvalue weighted by Crippen LogP contribution is -2.40. The van der Waals surface area contributed by atoms with E-state index < -0.39 is 5.91 Å². The highest BCUT2D eigenvalue weighted by Crippen LogP contribution is 2.29. The Balaban J connectivity index is 1.54. The SMILES string of the molecule is COc1cc(/C=C/C(=O)NO)ccc1OC[C@H](Cc1c[nH]c2ccccc12)NC(=O)c1cccc(C)c1. The molecule has 1 atom stereocenters. The largest absolute Gasteiger partial charge is 0.493 e. The Kier molecular flexibility index (Phi) is 8.22. The first-order chi connectivity index (χ1) is 18.0. The predicted molar refractivity (Wildman–Crippen MR) is 142 cm³/mol. The zero-order valence-electron chi connectivity index (χ0n) is 20.7. The van der Waals surface area contributed by atoms with Crippen LogP contribution >= 0.6 is 0 Å². The lowest BCUT2D eigenvalue weighted by atomic mass is 10.0. The number of carbonyl (C=O) groups is 2. The number of methoxy groups -OCH3 is 1. The van der Waals surface area contributed by atoms with Crippen molar-refractivity contribution in [2.75, 3.05) is 13.7 Å². The van der Waals surface area contributed by atoms with Gasteiger partial charge in [0, 0.05) is 28.7 Å². The summed E-state index contributed by atoms with van der Waals surface area (Å²) >= 11 is 0. The zero-order chi connectivity index (χ0) is 26.2. The van der Waals surface area contributed by atoms with Crippen LogP contribution < -0.4 is 20.3 Å². The van der Waals surface area contributed by atoms with Crippen molar-refractivity contribution in [3.05, 3.63) is 101 Å². The van der Waals surface area contributed by atoms with Crippen LogP contribution in [0.2, 0.25) is 0 Å². The third-order valence-electron chi connectivity index (χ3n) is 5.92. The zero-order valence-corrected chi connectivity index (χ0v) is 20.7. The van der Waals surface area contributed by atoms with Crippen LogP contribution in [0.4, 0.5) is 0 Å². The molecule has 0 radical (unpaired) electrons. The van der Waals surface area contributed by atoms with E-state index in [1.54, 1.807) is 35.8 Å². The number of H-pyrrole nitrogens is 1. The maximum absolute atomic E-state index is 13.1. The van der Waals surface area contributed by atoms with Crippen molar-refractivity contribution in [3.63, 3.8) is 0 Å².